The lowest BCUT2D eigenvalue weighted by Gasteiger charge is -2.28. The van der Waals surface area contributed by atoms with Gasteiger partial charge in [0, 0.05) is 28.7 Å². The standard InChI is InChI=1S/C10H9BrClN3O3S/c11-6-1-10(5-15-2-6,19(13,17)18)7-3-14-4-8(12)9(7)16/h1-4H,5H2,(H,14,16)(H2,13,17,18). The van der Waals surface area contributed by atoms with E-state index in [1.54, 1.807) is 0 Å². The fourth-order valence-electron chi connectivity index (χ4n) is 1.83. The third kappa shape index (κ3) is 2.40. The van der Waals surface area contributed by atoms with Gasteiger partial charge in [-0.25, -0.2) is 13.6 Å². The molecule has 3 N–H and O–H groups in total. The molecule has 1 aliphatic rings. The zero-order valence-electron chi connectivity index (χ0n) is 9.43. The van der Waals surface area contributed by atoms with E-state index in [4.69, 9.17) is 16.7 Å². The van der Waals surface area contributed by atoms with Crippen molar-refractivity contribution in [2.45, 2.75) is 4.75 Å². The van der Waals surface area contributed by atoms with Crippen LogP contribution in [0.4, 0.5) is 0 Å². The van der Waals surface area contributed by atoms with Crippen molar-refractivity contribution in [1.29, 1.82) is 0 Å². The Morgan fingerprint density at radius 2 is 2.16 bits per heavy atom. The molecule has 0 saturated carbocycles. The highest BCUT2D eigenvalue weighted by atomic mass is 79.9. The third-order valence-corrected chi connectivity index (χ3v) is 4.97. The number of dihydropyridines is 1. The number of hydrogen-bond acceptors (Lipinski definition) is 4. The number of nitrogens with zero attached hydrogens (tertiary/aromatic N) is 1. The van der Waals surface area contributed by atoms with Gasteiger partial charge in [0.05, 0.1) is 6.54 Å². The number of aromatic nitrogens is 1. The number of aliphatic imine (C=N–C) groups is 1. The fraction of sp³-hybridized carbons (Fsp3) is 0.200. The van der Waals surface area contributed by atoms with Gasteiger partial charge in [-0.05, 0) is 22.0 Å². The molecular formula is C10H9BrClN3O3S. The second kappa shape index (κ2) is 4.86. The Morgan fingerprint density at radius 3 is 2.74 bits per heavy atom. The summed E-state index contributed by atoms with van der Waals surface area (Å²) in [6.45, 7) is -0.176. The molecule has 6 nitrogen and oxygen atoms in total. The highest BCUT2D eigenvalue weighted by molar-refractivity contribution is 9.12. The van der Waals surface area contributed by atoms with Crippen LogP contribution in [0.3, 0.4) is 0 Å². The molecule has 1 atom stereocenters. The van der Waals surface area contributed by atoms with Gasteiger partial charge in [0.15, 0.2) is 4.75 Å². The maximum Gasteiger partial charge on any atom is 0.224 e. The van der Waals surface area contributed by atoms with E-state index in [0.717, 1.165) is 0 Å². The number of halogens is 2. The zero-order valence-corrected chi connectivity index (χ0v) is 12.6. The molecule has 0 radical (unpaired) electrons. The van der Waals surface area contributed by atoms with Crippen molar-refractivity contribution in [3.05, 3.63) is 43.8 Å². The summed E-state index contributed by atoms with van der Waals surface area (Å²) in [6.07, 6.45) is 5.34. The molecule has 0 aromatic carbocycles. The number of primary sulfonamides is 1. The van der Waals surface area contributed by atoms with Gasteiger partial charge in [0.1, 0.15) is 5.02 Å². The molecule has 0 fully saturated rings. The van der Waals surface area contributed by atoms with Gasteiger partial charge < -0.3 is 4.98 Å². The number of allylic oxidation sites excluding steroid dienone is 1. The number of nitrogens with one attached hydrogen (secondary N) is 1. The van der Waals surface area contributed by atoms with E-state index in [1.165, 1.54) is 24.7 Å². The Kier molecular flexibility index (Phi) is 3.69. The summed E-state index contributed by atoms with van der Waals surface area (Å²) in [6, 6.07) is 0. The van der Waals surface area contributed by atoms with E-state index in [0.29, 0.717) is 4.48 Å². The van der Waals surface area contributed by atoms with E-state index in [-0.39, 0.29) is 17.1 Å². The predicted octanol–water partition coefficient (Wildman–Crippen LogP) is 0.875. The molecule has 2 rings (SSSR count). The van der Waals surface area contributed by atoms with Crippen LogP contribution in [0.2, 0.25) is 5.02 Å². The quantitative estimate of drug-likeness (QED) is 0.811. The molecule has 2 heterocycles. The SMILES string of the molecule is NS(=O)(=O)C1(c2c[nH]cc(Cl)c2=O)C=C(Br)C=NC1. The van der Waals surface area contributed by atoms with E-state index in [2.05, 4.69) is 25.9 Å². The Balaban J connectivity index is 2.82. The van der Waals surface area contributed by atoms with Crippen molar-refractivity contribution in [2.24, 2.45) is 10.1 Å². The first kappa shape index (κ1) is 14.4. The fourth-order valence-corrected chi connectivity index (χ4v) is 3.69. The Bertz CT molecular complexity index is 741. The first-order chi connectivity index (χ1) is 8.78. The molecule has 1 aromatic heterocycles. The van der Waals surface area contributed by atoms with Gasteiger partial charge in [-0.15, -0.1) is 0 Å². The van der Waals surface area contributed by atoms with Gasteiger partial charge >= 0.3 is 0 Å². The van der Waals surface area contributed by atoms with Crippen LogP contribution in [0.5, 0.6) is 0 Å². The number of rotatable bonds is 2. The molecular weight excluding hydrogens is 358 g/mol. The van der Waals surface area contributed by atoms with Crippen molar-refractivity contribution < 1.29 is 8.42 Å². The molecule has 0 amide bonds. The van der Waals surface area contributed by atoms with Crippen molar-refractivity contribution in [1.82, 2.24) is 4.98 Å². The summed E-state index contributed by atoms with van der Waals surface area (Å²) in [7, 11) is -4.11. The number of nitrogens with two attached hydrogens (primary N) is 1. The topological polar surface area (TPSA) is 105 Å². The first-order valence-corrected chi connectivity index (χ1v) is 7.77. The van der Waals surface area contributed by atoms with Crippen LogP contribution in [0.15, 0.2) is 32.7 Å². The number of pyridine rings is 1. The van der Waals surface area contributed by atoms with Gasteiger partial charge in [-0.3, -0.25) is 9.79 Å². The van der Waals surface area contributed by atoms with E-state index in [9.17, 15) is 13.2 Å². The normalized spacial score (nSPS) is 23.2. The lowest BCUT2D eigenvalue weighted by molar-refractivity contribution is 0.559. The van der Waals surface area contributed by atoms with Gasteiger partial charge in [-0.1, -0.05) is 11.6 Å². The zero-order chi connectivity index (χ0) is 14.3. The highest BCUT2D eigenvalue weighted by Gasteiger charge is 2.45. The average molecular weight is 367 g/mol. The summed E-state index contributed by atoms with van der Waals surface area (Å²) in [5.74, 6) is 0. The summed E-state index contributed by atoms with van der Waals surface area (Å²) in [5, 5.41) is 5.18. The van der Waals surface area contributed by atoms with Crippen molar-refractivity contribution >= 4 is 43.8 Å². The van der Waals surface area contributed by atoms with E-state index >= 15 is 0 Å². The van der Waals surface area contributed by atoms with Gasteiger partial charge in [0.2, 0.25) is 15.5 Å². The maximum absolute atomic E-state index is 12.1. The van der Waals surface area contributed by atoms with Gasteiger partial charge in [-0.2, -0.15) is 0 Å². The van der Waals surface area contributed by atoms with Crippen molar-refractivity contribution in [3.8, 4) is 0 Å². The van der Waals surface area contributed by atoms with Crippen molar-refractivity contribution in [3.63, 3.8) is 0 Å². The Morgan fingerprint density at radius 1 is 1.47 bits per heavy atom. The van der Waals surface area contributed by atoms with Crippen LogP contribution in [0.1, 0.15) is 5.56 Å². The highest BCUT2D eigenvalue weighted by Crippen LogP contribution is 2.33. The summed E-state index contributed by atoms with van der Waals surface area (Å²) in [4.78, 5) is 18.6. The van der Waals surface area contributed by atoms with Crippen LogP contribution in [0, 0.1) is 0 Å². The summed E-state index contributed by atoms with van der Waals surface area (Å²) in [5.41, 5.74) is -0.653. The lowest BCUT2D eigenvalue weighted by Crippen LogP contribution is -2.46. The van der Waals surface area contributed by atoms with Crippen LogP contribution in [-0.4, -0.2) is 26.2 Å². The maximum atomic E-state index is 12.1. The third-order valence-electron chi connectivity index (χ3n) is 2.77. The van der Waals surface area contributed by atoms with Crippen molar-refractivity contribution in [2.75, 3.05) is 6.54 Å². The molecule has 19 heavy (non-hydrogen) atoms. The molecule has 1 aromatic rings. The Labute approximate surface area is 122 Å². The van der Waals surface area contributed by atoms with E-state index < -0.39 is 20.2 Å². The number of aromatic amines is 1. The summed E-state index contributed by atoms with van der Waals surface area (Å²) < 4.78 is 22.6. The second-order valence-corrected chi connectivity index (χ2v) is 7.12. The largest absolute Gasteiger partial charge is 0.366 e. The van der Waals surface area contributed by atoms with E-state index in [1.807, 2.05) is 0 Å². The molecule has 0 saturated heterocycles. The molecule has 0 spiro atoms. The predicted molar refractivity (Wildman–Crippen MR) is 77.2 cm³/mol. The molecule has 0 aliphatic carbocycles. The minimum atomic E-state index is -4.11. The van der Waals surface area contributed by atoms with Gasteiger partial charge in [0.25, 0.3) is 0 Å². The van der Waals surface area contributed by atoms with Crippen LogP contribution in [-0.2, 0) is 14.8 Å². The molecule has 0 bridgehead atoms. The minimum Gasteiger partial charge on any atom is -0.366 e. The average Bonchev–Trinajstić information content (AvgIpc) is 2.31. The monoisotopic (exact) mass is 365 g/mol. The Hall–Kier alpha value is -0.960. The number of H-pyrrole nitrogens is 1. The number of hydrogen-bond donors (Lipinski definition) is 2. The molecule has 9 heteroatoms. The smallest absolute Gasteiger partial charge is 0.224 e. The molecule has 1 unspecified atom stereocenters. The molecule has 1 aliphatic heterocycles. The van der Waals surface area contributed by atoms with Crippen LogP contribution in [0.25, 0.3) is 0 Å². The van der Waals surface area contributed by atoms with Crippen LogP contribution < -0.4 is 10.6 Å². The summed E-state index contributed by atoms with van der Waals surface area (Å²) >= 11 is 8.87. The number of sulfonamides is 1. The first-order valence-electron chi connectivity index (χ1n) is 5.05. The minimum absolute atomic E-state index is 0.0590. The lowest BCUT2D eigenvalue weighted by atomic mass is 9.97. The second-order valence-electron chi connectivity index (χ2n) is 3.98. The van der Waals surface area contributed by atoms with Crippen LogP contribution >= 0.6 is 27.5 Å². The molecule has 102 valence electrons.